The van der Waals surface area contributed by atoms with E-state index in [-0.39, 0.29) is 11.2 Å². The van der Waals surface area contributed by atoms with Crippen LogP contribution < -0.4 is 4.90 Å². The molecule has 1 fully saturated rings. The number of hydrogen-bond acceptors (Lipinski definition) is 2. The van der Waals surface area contributed by atoms with Gasteiger partial charge in [0.15, 0.2) is 0 Å². The Labute approximate surface area is 118 Å². The molecule has 1 unspecified atom stereocenters. The van der Waals surface area contributed by atoms with Crippen LogP contribution in [0.2, 0.25) is 0 Å². The molecule has 1 aliphatic heterocycles. The topological polar surface area (TPSA) is 20.3 Å². The minimum atomic E-state index is 0.146. The van der Waals surface area contributed by atoms with Crippen LogP contribution in [0.4, 0.5) is 5.69 Å². The van der Waals surface area contributed by atoms with Gasteiger partial charge in [-0.05, 0) is 23.3 Å². The Balaban J connectivity index is 1.95. The van der Waals surface area contributed by atoms with E-state index in [4.69, 9.17) is 0 Å². The van der Waals surface area contributed by atoms with Gasteiger partial charge in [0, 0.05) is 23.9 Å². The summed E-state index contributed by atoms with van der Waals surface area (Å²) in [6.07, 6.45) is 0.526. The third-order valence-electron chi connectivity index (χ3n) is 3.37. The second-order valence-electron chi connectivity index (χ2n) is 4.78. The van der Waals surface area contributed by atoms with E-state index in [0.29, 0.717) is 13.0 Å². The Bertz CT molecular complexity index is 597. The number of nitrogens with zero attached hydrogens (tertiary/aromatic N) is 1. The van der Waals surface area contributed by atoms with Crippen molar-refractivity contribution in [1.29, 1.82) is 0 Å². The number of benzene rings is 2. The molecule has 0 bridgehead atoms. The molecule has 0 aromatic heterocycles. The highest BCUT2D eigenvalue weighted by Gasteiger charge is 2.28. The number of carbonyl (C=O) groups is 1. The van der Waals surface area contributed by atoms with Gasteiger partial charge in [0.1, 0.15) is 0 Å². The summed E-state index contributed by atoms with van der Waals surface area (Å²) in [4.78, 5) is 13.7. The van der Waals surface area contributed by atoms with Gasteiger partial charge < -0.3 is 4.90 Å². The molecule has 1 aliphatic rings. The van der Waals surface area contributed by atoms with Crippen molar-refractivity contribution in [2.24, 2.45) is 0 Å². The van der Waals surface area contributed by atoms with Gasteiger partial charge in [0.05, 0.1) is 0 Å². The van der Waals surface area contributed by atoms with E-state index >= 15 is 0 Å². The Morgan fingerprint density at radius 1 is 1.00 bits per heavy atom. The molecule has 0 aliphatic carbocycles. The molecule has 1 amide bonds. The lowest BCUT2D eigenvalue weighted by molar-refractivity contribution is -0.117. The van der Waals surface area contributed by atoms with Crippen LogP contribution in [0.3, 0.4) is 0 Å². The molecule has 3 heteroatoms. The summed E-state index contributed by atoms with van der Waals surface area (Å²) in [6, 6.07) is 18.3. The van der Waals surface area contributed by atoms with E-state index in [9.17, 15) is 4.79 Å². The molecular weight excluding hydrogens is 254 g/mol. The molecule has 0 radical (unpaired) electrons. The molecule has 2 aromatic rings. The fraction of sp³-hybridized carbons (Fsp3) is 0.188. The molecule has 2 aromatic carbocycles. The van der Waals surface area contributed by atoms with Crippen LogP contribution in [-0.2, 0) is 4.79 Å². The summed E-state index contributed by atoms with van der Waals surface area (Å²) >= 11 is 4.39. The molecule has 19 heavy (non-hydrogen) atoms. The second kappa shape index (κ2) is 5.10. The maximum absolute atomic E-state index is 11.9. The molecule has 3 rings (SSSR count). The third-order valence-corrected chi connectivity index (χ3v) is 3.72. The highest BCUT2D eigenvalue weighted by atomic mass is 32.1. The Morgan fingerprint density at radius 3 is 2.42 bits per heavy atom. The van der Waals surface area contributed by atoms with Crippen molar-refractivity contribution >= 4 is 24.2 Å². The Kier molecular flexibility index (Phi) is 3.30. The fourth-order valence-corrected chi connectivity index (χ4v) is 2.74. The van der Waals surface area contributed by atoms with Gasteiger partial charge in [-0.25, -0.2) is 0 Å². The van der Waals surface area contributed by atoms with Crippen LogP contribution >= 0.6 is 12.6 Å². The molecule has 96 valence electrons. The van der Waals surface area contributed by atoms with E-state index in [1.54, 1.807) is 0 Å². The van der Waals surface area contributed by atoms with Crippen molar-refractivity contribution < 1.29 is 4.79 Å². The summed E-state index contributed by atoms with van der Waals surface area (Å²) in [5.74, 6) is 0.158. The van der Waals surface area contributed by atoms with Crippen molar-refractivity contribution in [3.8, 4) is 11.1 Å². The zero-order valence-corrected chi connectivity index (χ0v) is 11.4. The van der Waals surface area contributed by atoms with E-state index in [2.05, 4.69) is 36.9 Å². The standard InChI is InChI=1S/C16H15NOS/c18-16-10-15(19)11-17(16)14-8-4-7-13(9-14)12-5-2-1-3-6-12/h1-9,15,19H,10-11H2. The highest BCUT2D eigenvalue weighted by Crippen LogP contribution is 2.28. The molecule has 0 saturated carbocycles. The summed E-state index contributed by atoms with van der Waals surface area (Å²) in [6.45, 7) is 0.695. The quantitative estimate of drug-likeness (QED) is 0.829. The monoisotopic (exact) mass is 269 g/mol. The first-order valence-corrected chi connectivity index (χ1v) is 6.89. The molecule has 2 nitrogen and oxygen atoms in total. The summed E-state index contributed by atoms with van der Waals surface area (Å²) < 4.78 is 0. The van der Waals surface area contributed by atoms with Gasteiger partial charge in [-0.1, -0.05) is 42.5 Å². The third kappa shape index (κ3) is 2.51. The summed E-state index contributed by atoms with van der Waals surface area (Å²) in [5.41, 5.74) is 3.26. The summed E-state index contributed by atoms with van der Waals surface area (Å²) in [5, 5.41) is 0.146. The number of anilines is 1. The highest BCUT2D eigenvalue weighted by molar-refractivity contribution is 7.81. The molecule has 0 spiro atoms. The van der Waals surface area contributed by atoms with Gasteiger partial charge in [0.25, 0.3) is 0 Å². The number of carbonyl (C=O) groups excluding carboxylic acids is 1. The number of rotatable bonds is 2. The SMILES string of the molecule is O=C1CC(S)CN1c1cccc(-c2ccccc2)c1. The normalized spacial score (nSPS) is 18.9. The van der Waals surface area contributed by atoms with Gasteiger partial charge in [-0.3, -0.25) is 4.79 Å². The average Bonchev–Trinajstić information content (AvgIpc) is 2.79. The maximum Gasteiger partial charge on any atom is 0.228 e. The molecule has 1 atom stereocenters. The van der Waals surface area contributed by atoms with Crippen LogP contribution in [0.15, 0.2) is 54.6 Å². The number of amides is 1. The zero-order valence-electron chi connectivity index (χ0n) is 10.5. The first-order chi connectivity index (χ1) is 9.24. The van der Waals surface area contributed by atoms with E-state index in [0.717, 1.165) is 11.3 Å². The lowest BCUT2D eigenvalue weighted by Gasteiger charge is -2.17. The van der Waals surface area contributed by atoms with Crippen LogP contribution in [-0.4, -0.2) is 17.7 Å². The first kappa shape index (κ1) is 12.3. The van der Waals surface area contributed by atoms with Crippen molar-refractivity contribution in [1.82, 2.24) is 0 Å². The minimum absolute atomic E-state index is 0.146. The Morgan fingerprint density at radius 2 is 1.74 bits per heavy atom. The largest absolute Gasteiger partial charge is 0.311 e. The smallest absolute Gasteiger partial charge is 0.228 e. The van der Waals surface area contributed by atoms with E-state index in [1.807, 2.05) is 35.2 Å². The van der Waals surface area contributed by atoms with Gasteiger partial charge in [-0.15, -0.1) is 0 Å². The number of hydrogen-bond donors (Lipinski definition) is 1. The zero-order chi connectivity index (χ0) is 13.2. The molecule has 0 N–H and O–H groups in total. The molecule has 1 saturated heterocycles. The lowest BCUT2D eigenvalue weighted by atomic mass is 10.1. The Hall–Kier alpha value is -1.74. The predicted octanol–water partition coefficient (Wildman–Crippen LogP) is 3.39. The van der Waals surface area contributed by atoms with Crippen LogP contribution in [0.25, 0.3) is 11.1 Å². The first-order valence-electron chi connectivity index (χ1n) is 6.38. The summed E-state index contributed by atoms with van der Waals surface area (Å²) in [7, 11) is 0. The lowest BCUT2D eigenvalue weighted by Crippen LogP contribution is -2.24. The van der Waals surface area contributed by atoms with Crippen LogP contribution in [0.1, 0.15) is 6.42 Å². The molecule has 1 heterocycles. The fourth-order valence-electron chi connectivity index (χ4n) is 2.42. The molecular formula is C16H15NOS. The van der Waals surface area contributed by atoms with E-state index in [1.165, 1.54) is 5.56 Å². The maximum atomic E-state index is 11.9. The van der Waals surface area contributed by atoms with Crippen molar-refractivity contribution in [3.63, 3.8) is 0 Å². The van der Waals surface area contributed by atoms with Gasteiger partial charge >= 0.3 is 0 Å². The average molecular weight is 269 g/mol. The van der Waals surface area contributed by atoms with Crippen LogP contribution in [0.5, 0.6) is 0 Å². The van der Waals surface area contributed by atoms with E-state index < -0.39 is 0 Å². The van der Waals surface area contributed by atoms with Gasteiger partial charge in [-0.2, -0.15) is 12.6 Å². The van der Waals surface area contributed by atoms with Crippen molar-refractivity contribution in [3.05, 3.63) is 54.6 Å². The predicted molar refractivity (Wildman–Crippen MR) is 81.6 cm³/mol. The van der Waals surface area contributed by atoms with Gasteiger partial charge in [0.2, 0.25) is 5.91 Å². The minimum Gasteiger partial charge on any atom is -0.311 e. The number of thiol groups is 1. The van der Waals surface area contributed by atoms with Crippen molar-refractivity contribution in [2.75, 3.05) is 11.4 Å². The second-order valence-corrected chi connectivity index (χ2v) is 5.51. The van der Waals surface area contributed by atoms with Crippen molar-refractivity contribution in [2.45, 2.75) is 11.7 Å². The van der Waals surface area contributed by atoms with Crippen LogP contribution in [0, 0.1) is 0 Å².